The minimum absolute atomic E-state index is 0.290. The fraction of sp³-hybridized carbons (Fsp3) is 0.200. The number of hydrogen-bond donors (Lipinski definition) is 2. The molecule has 1 aromatic carbocycles. The van der Waals surface area contributed by atoms with Gasteiger partial charge in [-0.2, -0.15) is 15.4 Å². The third-order valence-corrected chi connectivity index (χ3v) is 2.71. The van der Waals surface area contributed by atoms with Crippen LogP contribution >= 0.6 is 11.6 Å². The van der Waals surface area contributed by atoms with Crippen molar-refractivity contribution in [2.45, 2.75) is 13.0 Å². The topological polar surface area (TPSA) is 67.6 Å². The maximum absolute atomic E-state index is 6.02. The molecule has 0 fully saturated rings. The van der Waals surface area contributed by atoms with Gasteiger partial charge in [-0.25, -0.2) is 0 Å². The second-order valence-corrected chi connectivity index (χ2v) is 3.79. The van der Waals surface area contributed by atoms with E-state index in [9.17, 15) is 0 Å². The highest BCUT2D eigenvalue weighted by molar-refractivity contribution is 6.31. The van der Waals surface area contributed by atoms with Gasteiger partial charge in [-0.05, 0) is 24.1 Å². The second kappa shape index (κ2) is 4.00. The first-order valence-corrected chi connectivity index (χ1v) is 4.93. The zero-order valence-electron chi connectivity index (χ0n) is 8.24. The number of hydrogen-bond acceptors (Lipinski definition) is 3. The zero-order valence-corrected chi connectivity index (χ0v) is 8.99. The van der Waals surface area contributed by atoms with Gasteiger partial charge in [0.25, 0.3) is 0 Å². The normalized spacial score (nSPS) is 12.7. The van der Waals surface area contributed by atoms with E-state index in [0.29, 0.717) is 10.7 Å². The molecule has 0 radical (unpaired) electrons. The van der Waals surface area contributed by atoms with Crippen molar-refractivity contribution in [3.63, 3.8) is 0 Å². The summed E-state index contributed by atoms with van der Waals surface area (Å²) in [5, 5.41) is 10.9. The van der Waals surface area contributed by atoms with Crippen molar-refractivity contribution < 1.29 is 0 Å². The first kappa shape index (κ1) is 10.1. The first-order chi connectivity index (χ1) is 7.18. The molecule has 0 amide bonds. The minimum atomic E-state index is -0.290. The predicted octanol–water partition coefficient (Wildman–Crippen LogP) is 1.81. The molecule has 4 nitrogen and oxygen atoms in total. The van der Waals surface area contributed by atoms with E-state index in [1.165, 1.54) is 0 Å². The number of halogens is 1. The average molecular weight is 223 g/mol. The van der Waals surface area contributed by atoms with Gasteiger partial charge in [0.1, 0.15) is 5.69 Å². The van der Waals surface area contributed by atoms with Crippen LogP contribution in [0.1, 0.15) is 22.9 Å². The lowest BCUT2D eigenvalue weighted by molar-refractivity contribution is 0.809. The van der Waals surface area contributed by atoms with E-state index in [-0.39, 0.29) is 6.04 Å². The number of nitrogens with zero attached hydrogens (tertiary/aromatic N) is 2. The summed E-state index contributed by atoms with van der Waals surface area (Å²) in [6.07, 6.45) is 1.61. The number of nitrogens with one attached hydrogen (secondary N) is 1. The van der Waals surface area contributed by atoms with Crippen LogP contribution in [0.15, 0.2) is 24.4 Å². The molecule has 0 aliphatic heterocycles. The monoisotopic (exact) mass is 222 g/mol. The molecule has 5 heteroatoms. The van der Waals surface area contributed by atoms with E-state index in [4.69, 9.17) is 17.3 Å². The molecule has 0 bridgehead atoms. The molecule has 0 aliphatic carbocycles. The molecule has 78 valence electrons. The number of aryl methyl sites for hydroxylation is 1. The Balaban J connectivity index is 2.34. The fourth-order valence-electron chi connectivity index (χ4n) is 1.33. The summed E-state index contributed by atoms with van der Waals surface area (Å²) >= 11 is 6.02. The molecule has 2 aromatic rings. The van der Waals surface area contributed by atoms with Gasteiger partial charge in [0.2, 0.25) is 0 Å². The molecule has 0 saturated heterocycles. The second-order valence-electron chi connectivity index (χ2n) is 3.38. The van der Waals surface area contributed by atoms with Crippen molar-refractivity contribution >= 4 is 11.6 Å². The van der Waals surface area contributed by atoms with Crippen LogP contribution in [-0.2, 0) is 0 Å². The predicted molar refractivity (Wildman–Crippen MR) is 58.6 cm³/mol. The van der Waals surface area contributed by atoms with Gasteiger partial charge in [0.05, 0.1) is 12.2 Å². The van der Waals surface area contributed by atoms with Crippen molar-refractivity contribution in [2.75, 3.05) is 0 Å². The van der Waals surface area contributed by atoms with Gasteiger partial charge in [-0.15, -0.1) is 0 Å². The van der Waals surface area contributed by atoms with Crippen LogP contribution in [0.5, 0.6) is 0 Å². The van der Waals surface area contributed by atoms with Crippen LogP contribution in [0.2, 0.25) is 5.02 Å². The molecule has 1 aromatic heterocycles. The van der Waals surface area contributed by atoms with Crippen LogP contribution in [0, 0.1) is 6.92 Å². The zero-order chi connectivity index (χ0) is 10.8. The molecular formula is C10H11ClN4. The van der Waals surface area contributed by atoms with Crippen LogP contribution in [0.4, 0.5) is 0 Å². The minimum Gasteiger partial charge on any atom is -0.319 e. The number of aromatic nitrogens is 3. The van der Waals surface area contributed by atoms with Crippen LogP contribution in [0.25, 0.3) is 0 Å². The summed E-state index contributed by atoms with van der Waals surface area (Å²) in [7, 11) is 0. The summed E-state index contributed by atoms with van der Waals surface area (Å²) in [6.45, 7) is 1.95. The fourth-order valence-corrected chi connectivity index (χ4v) is 1.52. The van der Waals surface area contributed by atoms with Crippen molar-refractivity contribution in [1.82, 2.24) is 15.4 Å². The number of nitrogens with two attached hydrogens (primary N) is 1. The maximum Gasteiger partial charge on any atom is 0.104 e. The highest BCUT2D eigenvalue weighted by Crippen LogP contribution is 2.22. The number of aromatic amines is 1. The van der Waals surface area contributed by atoms with Gasteiger partial charge < -0.3 is 5.73 Å². The van der Waals surface area contributed by atoms with E-state index in [0.717, 1.165) is 11.1 Å². The van der Waals surface area contributed by atoms with Crippen LogP contribution in [-0.4, -0.2) is 15.4 Å². The van der Waals surface area contributed by atoms with Crippen LogP contribution in [0.3, 0.4) is 0 Å². The molecular weight excluding hydrogens is 212 g/mol. The maximum atomic E-state index is 6.02. The summed E-state index contributed by atoms with van der Waals surface area (Å²) in [5.41, 5.74) is 8.67. The molecule has 15 heavy (non-hydrogen) atoms. The Bertz CT molecular complexity index is 452. The van der Waals surface area contributed by atoms with E-state index in [1.807, 2.05) is 25.1 Å². The van der Waals surface area contributed by atoms with E-state index in [1.54, 1.807) is 6.20 Å². The Kier molecular flexibility index (Phi) is 2.70. The standard InChI is InChI=1S/C10H11ClN4/c1-6-2-3-7(4-8(6)11)10(12)9-5-13-15-14-9/h2-5,10H,12H2,1H3,(H,13,14,15). The van der Waals surface area contributed by atoms with Crippen molar-refractivity contribution in [1.29, 1.82) is 0 Å². The van der Waals surface area contributed by atoms with Crippen LogP contribution < -0.4 is 5.73 Å². The Labute approximate surface area is 92.4 Å². The number of H-pyrrole nitrogens is 1. The van der Waals surface area contributed by atoms with Crippen molar-refractivity contribution in [3.8, 4) is 0 Å². The lowest BCUT2D eigenvalue weighted by Gasteiger charge is -2.09. The van der Waals surface area contributed by atoms with Gasteiger partial charge in [-0.3, -0.25) is 0 Å². The molecule has 1 heterocycles. The Morgan fingerprint density at radius 3 is 2.87 bits per heavy atom. The van der Waals surface area contributed by atoms with E-state index in [2.05, 4.69) is 15.4 Å². The summed E-state index contributed by atoms with van der Waals surface area (Å²) in [6, 6.07) is 5.45. The third-order valence-electron chi connectivity index (χ3n) is 2.31. The Hall–Kier alpha value is -1.39. The van der Waals surface area contributed by atoms with Gasteiger partial charge in [-0.1, -0.05) is 23.7 Å². The van der Waals surface area contributed by atoms with Crippen molar-refractivity contribution in [2.24, 2.45) is 5.73 Å². The highest BCUT2D eigenvalue weighted by atomic mass is 35.5. The molecule has 0 saturated carbocycles. The van der Waals surface area contributed by atoms with Gasteiger partial charge in [0, 0.05) is 5.02 Å². The molecule has 0 aliphatic rings. The Morgan fingerprint density at radius 1 is 1.47 bits per heavy atom. The van der Waals surface area contributed by atoms with E-state index >= 15 is 0 Å². The van der Waals surface area contributed by atoms with Crippen molar-refractivity contribution in [3.05, 3.63) is 46.2 Å². The molecule has 1 unspecified atom stereocenters. The van der Waals surface area contributed by atoms with Gasteiger partial charge in [0.15, 0.2) is 0 Å². The summed E-state index contributed by atoms with van der Waals surface area (Å²) in [4.78, 5) is 0. The van der Waals surface area contributed by atoms with E-state index < -0.39 is 0 Å². The number of benzene rings is 1. The third kappa shape index (κ3) is 2.00. The number of rotatable bonds is 2. The molecule has 0 spiro atoms. The highest BCUT2D eigenvalue weighted by Gasteiger charge is 2.12. The Morgan fingerprint density at radius 2 is 2.27 bits per heavy atom. The lowest BCUT2D eigenvalue weighted by Crippen LogP contribution is -2.12. The molecule has 1 atom stereocenters. The molecule has 3 N–H and O–H groups in total. The largest absolute Gasteiger partial charge is 0.319 e. The van der Waals surface area contributed by atoms with Gasteiger partial charge >= 0.3 is 0 Å². The average Bonchev–Trinajstić information content (AvgIpc) is 2.74. The summed E-state index contributed by atoms with van der Waals surface area (Å²) in [5.74, 6) is 0. The SMILES string of the molecule is Cc1ccc(C(N)c2cn[nH]n2)cc1Cl. The summed E-state index contributed by atoms with van der Waals surface area (Å²) < 4.78 is 0. The molecule has 2 rings (SSSR count). The first-order valence-electron chi connectivity index (χ1n) is 4.56. The smallest absolute Gasteiger partial charge is 0.104 e. The lowest BCUT2D eigenvalue weighted by atomic mass is 10.0. The quantitative estimate of drug-likeness (QED) is 0.815.